The third-order valence-corrected chi connectivity index (χ3v) is 3.93. The maximum absolute atomic E-state index is 12.6. The normalized spacial score (nSPS) is 10.7. The molecule has 0 atom stereocenters. The maximum Gasteiger partial charge on any atom is 0.288 e. The van der Waals surface area contributed by atoms with Crippen molar-refractivity contribution in [2.75, 3.05) is 20.3 Å². The Morgan fingerprint density at radius 1 is 1.11 bits per heavy atom. The van der Waals surface area contributed by atoms with Crippen LogP contribution < -0.4 is 10.6 Å². The fraction of sp³-hybridized carbons (Fsp3) is 0.263. The van der Waals surface area contributed by atoms with E-state index in [4.69, 9.17) is 4.74 Å². The first-order chi connectivity index (χ1) is 13.2. The maximum atomic E-state index is 12.6. The predicted molar refractivity (Wildman–Crippen MR) is 99.4 cm³/mol. The van der Waals surface area contributed by atoms with Gasteiger partial charge in [-0.2, -0.15) is 0 Å². The lowest BCUT2D eigenvalue weighted by Crippen LogP contribution is -2.27. The summed E-state index contributed by atoms with van der Waals surface area (Å²) in [6.45, 7) is 1.31. The average Bonchev–Trinajstić information content (AvgIpc) is 3.10. The Hall–Kier alpha value is -3.26. The van der Waals surface area contributed by atoms with Crippen LogP contribution in [0.1, 0.15) is 33.2 Å². The van der Waals surface area contributed by atoms with Gasteiger partial charge in [0.15, 0.2) is 5.69 Å². The highest BCUT2D eigenvalue weighted by molar-refractivity contribution is 6.02. The Balaban J connectivity index is 1.77. The van der Waals surface area contributed by atoms with Crippen molar-refractivity contribution in [1.29, 1.82) is 0 Å². The third kappa shape index (κ3) is 4.48. The van der Waals surface area contributed by atoms with Crippen LogP contribution in [-0.4, -0.2) is 46.4 Å². The molecule has 0 spiro atoms. The summed E-state index contributed by atoms with van der Waals surface area (Å²) in [6, 6.07) is 10.8. The third-order valence-electron chi connectivity index (χ3n) is 3.93. The quantitative estimate of drug-likeness (QED) is 0.587. The van der Waals surface area contributed by atoms with E-state index < -0.39 is 0 Å². The Morgan fingerprint density at radius 2 is 1.96 bits per heavy atom. The van der Waals surface area contributed by atoms with Gasteiger partial charge in [0.2, 0.25) is 5.82 Å². The van der Waals surface area contributed by atoms with Crippen LogP contribution in [0.2, 0.25) is 0 Å². The summed E-state index contributed by atoms with van der Waals surface area (Å²) >= 11 is 0. The van der Waals surface area contributed by atoms with Gasteiger partial charge in [-0.3, -0.25) is 19.0 Å². The van der Waals surface area contributed by atoms with Crippen LogP contribution in [0.15, 0.2) is 48.8 Å². The molecule has 0 unspecified atom stereocenters. The van der Waals surface area contributed by atoms with Gasteiger partial charge in [0, 0.05) is 32.7 Å². The molecule has 140 valence electrons. The van der Waals surface area contributed by atoms with Crippen molar-refractivity contribution in [3.63, 3.8) is 0 Å². The molecule has 0 aliphatic heterocycles. The number of hydrogen-bond donors (Lipinski definition) is 2. The average molecular weight is 367 g/mol. The van der Waals surface area contributed by atoms with E-state index in [1.165, 1.54) is 0 Å². The van der Waals surface area contributed by atoms with E-state index in [1.807, 2.05) is 18.2 Å². The van der Waals surface area contributed by atoms with Gasteiger partial charge >= 0.3 is 0 Å². The lowest BCUT2D eigenvalue weighted by Gasteiger charge is -2.03. The number of amides is 2. The van der Waals surface area contributed by atoms with Crippen molar-refractivity contribution in [1.82, 2.24) is 25.0 Å². The van der Waals surface area contributed by atoms with E-state index in [0.29, 0.717) is 25.1 Å². The second kappa shape index (κ2) is 8.91. The van der Waals surface area contributed by atoms with Crippen molar-refractivity contribution >= 4 is 17.3 Å². The molecule has 0 radical (unpaired) electrons. The molecule has 3 aromatic rings. The largest absolute Gasteiger partial charge is 0.385 e. The zero-order chi connectivity index (χ0) is 19.1. The van der Waals surface area contributed by atoms with E-state index in [0.717, 1.165) is 5.69 Å². The fourth-order valence-corrected chi connectivity index (χ4v) is 2.62. The first-order valence-corrected chi connectivity index (χ1v) is 8.63. The number of imidazole rings is 1. The van der Waals surface area contributed by atoms with E-state index in [-0.39, 0.29) is 29.9 Å². The van der Waals surface area contributed by atoms with Gasteiger partial charge in [-0.05, 0) is 30.7 Å². The van der Waals surface area contributed by atoms with E-state index in [9.17, 15) is 9.59 Å². The predicted octanol–water partition coefficient (Wildman–Crippen LogP) is 1.43. The zero-order valence-corrected chi connectivity index (χ0v) is 15.0. The van der Waals surface area contributed by atoms with E-state index >= 15 is 0 Å². The van der Waals surface area contributed by atoms with E-state index in [1.54, 1.807) is 42.1 Å². The Kier molecular flexibility index (Phi) is 6.11. The van der Waals surface area contributed by atoms with E-state index in [2.05, 4.69) is 20.6 Å². The summed E-state index contributed by atoms with van der Waals surface area (Å²) in [5.74, 6) is -0.539. The number of carbonyl (C=O) groups excluding carboxylic acids is 2. The lowest BCUT2D eigenvalue weighted by atomic mass is 10.3. The molecular formula is C19H21N5O3. The molecule has 0 saturated heterocycles. The summed E-state index contributed by atoms with van der Waals surface area (Å²) in [7, 11) is 1.61. The highest BCUT2D eigenvalue weighted by atomic mass is 16.5. The van der Waals surface area contributed by atoms with Crippen LogP contribution in [0, 0.1) is 0 Å². The van der Waals surface area contributed by atoms with Crippen LogP contribution in [-0.2, 0) is 11.3 Å². The van der Waals surface area contributed by atoms with Crippen molar-refractivity contribution in [3.05, 3.63) is 66.0 Å². The number of nitrogens with one attached hydrogen (secondary N) is 2. The minimum atomic E-state index is -0.375. The minimum absolute atomic E-state index is 0.156. The molecule has 8 nitrogen and oxygen atoms in total. The van der Waals surface area contributed by atoms with Crippen molar-refractivity contribution in [3.8, 4) is 0 Å². The monoisotopic (exact) mass is 367 g/mol. The molecule has 0 aromatic carbocycles. The molecule has 2 N–H and O–H groups in total. The number of nitrogens with zero attached hydrogens (tertiary/aromatic N) is 3. The smallest absolute Gasteiger partial charge is 0.288 e. The van der Waals surface area contributed by atoms with Crippen LogP contribution in [0.5, 0.6) is 0 Å². The number of ether oxygens (including phenoxy) is 1. The first-order valence-electron chi connectivity index (χ1n) is 8.63. The first kappa shape index (κ1) is 18.5. The Morgan fingerprint density at radius 3 is 2.74 bits per heavy atom. The summed E-state index contributed by atoms with van der Waals surface area (Å²) in [4.78, 5) is 33.5. The number of methoxy groups -OCH3 is 1. The number of carbonyl (C=O) groups is 2. The standard InChI is InChI=1S/C19H21N5O3/c1-27-12-6-10-21-18(25)16-15-8-3-5-11-24(15)17(23-16)19(26)22-13-14-7-2-4-9-20-14/h2-5,7-9,11H,6,10,12-13H2,1H3,(H,21,25)(H,22,26). The fourth-order valence-electron chi connectivity index (χ4n) is 2.62. The molecule has 2 amide bonds. The van der Waals surface area contributed by atoms with Gasteiger partial charge in [-0.15, -0.1) is 0 Å². The van der Waals surface area contributed by atoms with Gasteiger partial charge in [0.25, 0.3) is 11.8 Å². The molecule has 27 heavy (non-hydrogen) atoms. The van der Waals surface area contributed by atoms with Crippen LogP contribution in [0.25, 0.3) is 5.52 Å². The molecule has 0 fully saturated rings. The molecule has 0 bridgehead atoms. The summed E-state index contributed by atoms with van der Waals surface area (Å²) < 4.78 is 6.58. The van der Waals surface area contributed by atoms with Gasteiger partial charge in [-0.25, -0.2) is 4.98 Å². The second-order valence-corrected chi connectivity index (χ2v) is 5.85. The van der Waals surface area contributed by atoms with Gasteiger partial charge in [0.05, 0.1) is 17.8 Å². The number of fused-ring (bicyclic) bond motifs is 1. The number of aromatic nitrogens is 3. The Labute approximate surface area is 156 Å². The molecule has 8 heteroatoms. The molecule has 0 saturated carbocycles. The van der Waals surface area contributed by atoms with Crippen molar-refractivity contribution < 1.29 is 14.3 Å². The summed E-state index contributed by atoms with van der Waals surface area (Å²) in [6.07, 6.45) is 4.07. The Bertz CT molecular complexity index is 923. The second-order valence-electron chi connectivity index (χ2n) is 5.85. The molecule has 3 heterocycles. The van der Waals surface area contributed by atoms with Crippen LogP contribution in [0.3, 0.4) is 0 Å². The van der Waals surface area contributed by atoms with Gasteiger partial charge in [0.1, 0.15) is 0 Å². The van der Waals surface area contributed by atoms with Crippen molar-refractivity contribution in [2.24, 2.45) is 0 Å². The zero-order valence-electron chi connectivity index (χ0n) is 15.0. The minimum Gasteiger partial charge on any atom is -0.385 e. The number of rotatable bonds is 8. The number of pyridine rings is 2. The molecule has 0 aliphatic carbocycles. The summed E-state index contributed by atoms with van der Waals surface area (Å²) in [5, 5.41) is 5.59. The SMILES string of the molecule is COCCCNC(=O)c1nc(C(=O)NCc2ccccn2)n2ccccc12. The van der Waals surface area contributed by atoms with Crippen LogP contribution in [0.4, 0.5) is 0 Å². The molecular weight excluding hydrogens is 346 g/mol. The van der Waals surface area contributed by atoms with Crippen molar-refractivity contribution in [2.45, 2.75) is 13.0 Å². The molecule has 0 aliphatic rings. The lowest BCUT2D eigenvalue weighted by molar-refractivity contribution is 0.0939. The van der Waals surface area contributed by atoms with Crippen LogP contribution >= 0.6 is 0 Å². The number of hydrogen-bond acceptors (Lipinski definition) is 5. The highest BCUT2D eigenvalue weighted by Crippen LogP contribution is 2.13. The molecule has 3 rings (SSSR count). The topological polar surface area (TPSA) is 97.6 Å². The molecule has 3 aromatic heterocycles. The van der Waals surface area contributed by atoms with Gasteiger partial charge < -0.3 is 15.4 Å². The summed E-state index contributed by atoms with van der Waals surface area (Å²) in [5.41, 5.74) is 1.53. The van der Waals surface area contributed by atoms with Gasteiger partial charge in [-0.1, -0.05) is 12.1 Å². The highest BCUT2D eigenvalue weighted by Gasteiger charge is 2.21.